The Bertz CT molecular complexity index is 1170. The molecule has 166 valence electrons. The highest BCUT2D eigenvalue weighted by atomic mass is 32.2. The van der Waals surface area contributed by atoms with E-state index in [0.29, 0.717) is 23.8 Å². The Morgan fingerprint density at radius 2 is 1.70 bits per heavy atom. The average Bonchev–Trinajstić information content (AvgIpc) is 2.88. The maximum atomic E-state index is 13.4. The summed E-state index contributed by atoms with van der Waals surface area (Å²) in [6.45, 7) is 0.345. The fraction of sp³-hybridized carbons (Fsp3) is 0.111. The number of nitrogens with zero attached hydrogens (tertiary/aromatic N) is 1. The number of pyridine rings is 1. The SMILES string of the molecule is COc1ccc(NC(=O)C(Sc2ccccc2)c2ccccc2)cc1OCc1cccnc1. The minimum Gasteiger partial charge on any atom is -0.493 e. The summed E-state index contributed by atoms with van der Waals surface area (Å²) >= 11 is 1.51. The lowest BCUT2D eigenvalue weighted by atomic mass is 10.1. The molecule has 6 heteroatoms. The van der Waals surface area contributed by atoms with Crippen molar-refractivity contribution in [2.75, 3.05) is 12.4 Å². The third-order valence-electron chi connectivity index (χ3n) is 4.89. The van der Waals surface area contributed by atoms with Crippen LogP contribution in [0, 0.1) is 0 Å². The molecule has 0 aliphatic carbocycles. The van der Waals surface area contributed by atoms with E-state index in [2.05, 4.69) is 10.3 Å². The van der Waals surface area contributed by atoms with Crippen LogP contribution in [0.2, 0.25) is 0 Å². The minimum absolute atomic E-state index is 0.113. The number of carbonyl (C=O) groups is 1. The van der Waals surface area contributed by atoms with Crippen LogP contribution in [0.3, 0.4) is 0 Å². The van der Waals surface area contributed by atoms with Gasteiger partial charge in [-0.05, 0) is 35.9 Å². The summed E-state index contributed by atoms with van der Waals surface area (Å²) in [6, 6.07) is 28.9. The zero-order valence-corrected chi connectivity index (χ0v) is 19.0. The Morgan fingerprint density at radius 3 is 2.39 bits per heavy atom. The predicted octanol–water partition coefficient (Wildman–Crippen LogP) is 6.14. The van der Waals surface area contributed by atoms with E-state index in [9.17, 15) is 4.79 Å². The lowest BCUT2D eigenvalue weighted by Crippen LogP contribution is -2.19. The number of hydrogen-bond acceptors (Lipinski definition) is 5. The minimum atomic E-state index is -0.407. The van der Waals surface area contributed by atoms with Gasteiger partial charge in [-0.3, -0.25) is 9.78 Å². The Labute approximate surface area is 197 Å². The van der Waals surface area contributed by atoms with Crippen LogP contribution in [0.5, 0.6) is 11.5 Å². The number of amides is 1. The molecule has 0 saturated carbocycles. The molecule has 5 nitrogen and oxygen atoms in total. The Balaban J connectivity index is 1.53. The fourth-order valence-corrected chi connectivity index (χ4v) is 4.30. The highest BCUT2D eigenvalue weighted by molar-refractivity contribution is 8.00. The lowest BCUT2D eigenvalue weighted by Gasteiger charge is -2.18. The van der Waals surface area contributed by atoms with Gasteiger partial charge in [0.15, 0.2) is 11.5 Å². The molecule has 4 rings (SSSR count). The molecule has 1 N–H and O–H groups in total. The van der Waals surface area contributed by atoms with Crippen LogP contribution in [-0.2, 0) is 11.4 Å². The summed E-state index contributed by atoms with van der Waals surface area (Å²) in [5.41, 5.74) is 2.51. The number of ether oxygens (including phenoxy) is 2. The monoisotopic (exact) mass is 456 g/mol. The molecule has 0 bridgehead atoms. The normalized spacial score (nSPS) is 11.4. The van der Waals surface area contributed by atoms with Gasteiger partial charge < -0.3 is 14.8 Å². The zero-order valence-electron chi connectivity index (χ0n) is 18.2. The number of carbonyl (C=O) groups excluding carboxylic acids is 1. The first kappa shape index (κ1) is 22.4. The Morgan fingerprint density at radius 1 is 0.939 bits per heavy atom. The second-order valence-corrected chi connectivity index (χ2v) is 8.40. The second kappa shape index (κ2) is 11.2. The van der Waals surface area contributed by atoms with Crippen LogP contribution < -0.4 is 14.8 Å². The van der Waals surface area contributed by atoms with Crippen molar-refractivity contribution in [1.29, 1.82) is 0 Å². The van der Waals surface area contributed by atoms with Gasteiger partial charge >= 0.3 is 0 Å². The molecule has 1 heterocycles. The Kier molecular flexibility index (Phi) is 7.61. The van der Waals surface area contributed by atoms with Gasteiger partial charge in [0, 0.05) is 34.6 Å². The van der Waals surface area contributed by atoms with Crippen molar-refractivity contribution < 1.29 is 14.3 Å². The maximum Gasteiger partial charge on any atom is 0.242 e. The van der Waals surface area contributed by atoms with Crippen LogP contribution >= 0.6 is 11.8 Å². The highest BCUT2D eigenvalue weighted by Gasteiger charge is 2.22. The fourth-order valence-electron chi connectivity index (χ4n) is 3.26. The average molecular weight is 457 g/mol. The van der Waals surface area contributed by atoms with Crippen molar-refractivity contribution in [2.45, 2.75) is 16.8 Å². The van der Waals surface area contributed by atoms with Gasteiger partial charge in [0.25, 0.3) is 0 Å². The standard InChI is InChI=1S/C27H24N2O3S/c1-31-24-15-14-22(17-25(24)32-19-20-9-8-16-28-18-20)29-27(30)26(21-10-4-2-5-11-21)33-23-12-6-3-7-13-23/h2-18,26H,19H2,1H3,(H,29,30). The molecular formula is C27H24N2O3S. The molecule has 0 saturated heterocycles. The van der Waals surface area contributed by atoms with Gasteiger partial charge in [0.05, 0.1) is 7.11 Å². The van der Waals surface area contributed by atoms with Crippen LogP contribution in [0.4, 0.5) is 5.69 Å². The predicted molar refractivity (Wildman–Crippen MR) is 132 cm³/mol. The van der Waals surface area contributed by atoms with Crippen molar-refractivity contribution in [2.24, 2.45) is 0 Å². The van der Waals surface area contributed by atoms with Crippen molar-refractivity contribution in [3.63, 3.8) is 0 Å². The first-order chi connectivity index (χ1) is 16.2. The number of anilines is 1. The van der Waals surface area contributed by atoms with E-state index in [1.54, 1.807) is 31.6 Å². The van der Waals surface area contributed by atoms with E-state index in [1.807, 2.05) is 78.9 Å². The van der Waals surface area contributed by atoms with Crippen molar-refractivity contribution >= 4 is 23.4 Å². The van der Waals surface area contributed by atoms with Crippen molar-refractivity contribution in [3.8, 4) is 11.5 Å². The number of benzene rings is 3. The highest BCUT2D eigenvalue weighted by Crippen LogP contribution is 2.37. The largest absolute Gasteiger partial charge is 0.493 e. The molecule has 1 aromatic heterocycles. The van der Waals surface area contributed by atoms with E-state index in [1.165, 1.54) is 11.8 Å². The van der Waals surface area contributed by atoms with Gasteiger partial charge in [-0.2, -0.15) is 0 Å². The number of aromatic nitrogens is 1. The molecule has 3 aromatic carbocycles. The molecule has 0 aliphatic rings. The van der Waals surface area contributed by atoms with Gasteiger partial charge in [-0.1, -0.05) is 54.6 Å². The van der Waals surface area contributed by atoms with Gasteiger partial charge in [-0.15, -0.1) is 11.8 Å². The van der Waals surface area contributed by atoms with E-state index < -0.39 is 5.25 Å². The number of hydrogen-bond donors (Lipinski definition) is 1. The third kappa shape index (κ3) is 6.14. The summed E-state index contributed by atoms with van der Waals surface area (Å²) in [5, 5.41) is 2.64. The third-order valence-corrected chi connectivity index (χ3v) is 6.15. The summed E-state index contributed by atoms with van der Waals surface area (Å²) in [7, 11) is 1.59. The molecule has 4 aromatic rings. The van der Waals surface area contributed by atoms with Gasteiger partial charge in [0.1, 0.15) is 11.9 Å². The Hall–Kier alpha value is -3.77. The lowest BCUT2D eigenvalue weighted by molar-refractivity contribution is -0.115. The first-order valence-electron chi connectivity index (χ1n) is 10.5. The summed E-state index contributed by atoms with van der Waals surface area (Å²) in [4.78, 5) is 18.5. The molecule has 1 atom stereocenters. The molecule has 0 spiro atoms. The quantitative estimate of drug-likeness (QED) is 0.307. The second-order valence-electron chi connectivity index (χ2n) is 7.23. The molecule has 1 unspecified atom stereocenters. The smallest absolute Gasteiger partial charge is 0.242 e. The van der Waals surface area contributed by atoms with Crippen LogP contribution in [0.1, 0.15) is 16.4 Å². The van der Waals surface area contributed by atoms with E-state index >= 15 is 0 Å². The number of methoxy groups -OCH3 is 1. The number of thioether (sulfide) groups is 1. The van der Waals surface area contributed by atoms with E-state index in [-0.39, 0.29) is 5.91 Å². The van der Waals surface area contributed by atoms with Crippen molar-refractivity contribution in [3.05, 3.63) is 115 Å². The summed E-state index contributed by atoms with van der Waals surface area (Å²) in [5.74, 6) is 1.03. The molecule has 0 aliphatic heterocycles. The number of rotatable bonds is 9. The van der Waals surface area contributed by atoms with Crippen molar-refractivity contribution in [1.82, 2.24) is 4.98 Å². The van der Waals surface area contributed by atoms with Crippen LogP contribution in [0.15, 0.2) is 108 Å². The molecule has 0 radical (unpaired) electrons. The molecule has 0 fully saturated rings. The van der Waals surface area contributed by atoms with Gasteiger partial charge in [0.2, 0.25) is 5.91 Å². The van der Waals surface area contributed by atoms with Gasteiger partial charge in [-0.25, -0.2) is 0 Å². The van der Waals surface area contributed by atoms with E-state index in [4.69, 9.17) is 9.47 Å². The summed E-state index contributed by atoms with van der Waals surface area (Å²) in [6.07, 6.45) is 3.47. The first-order valence-corrected chi connectivity index (χ1v) is 11.4. The molecular weight excluding hydrogens is 432 g/mol. The van der Waals surface area contributed by atoms with E-state index in [0.717, 1.165) is 16.0 Å². The topological polar surface area (TPSA) is 60.5 Å². The van der Waals surface area contributed by atoms with Crippen LogP contribution in [-0.4, -0.2) is 18.0 Å². The number of nitrogens with one attached hydrogen (secondary N) is 1. The zero-order chi connectivity index (χ0) is 22.9. The maximum absolute atomic E-state index is 13.4. The molecule has 1 amide bonds. The van der Waals surface area contributed by atoms with Crippen LogP contribution in [0.25, 0.3) is 0 Å². The summed E-state index contributed by atoms with van der Waals surface area (Å²) < 4.78 is 11.4. The molecule has 33 heavy (non-hydrogen) atoms.